The second-order valence-electron chi connectivity index (χ2n) is 8.83. The minimum atomic E-state index is 0.0248. The smallest absolute Gasteiger partial charge is 0.227 e. The summed E-state index contributed by atoms with van der Waals surface area (Å²) in [4.78, 5) is 19.7. The van der Waals surface area contributed by atoms with Crippen LogP contribution < -0.4 is 14.4 Å². The van der Waals surface area contributed by atoms with Gasteiger partial charge in [-0.15, -0.1) is 0 Å². The third kappa shape index (κ3) is 4.84. The molecule has 5 rings (SSSR count). The average molecular weight is 490 g/mol. The lowest BCUT2D eigenvalue weighted by Gasteiger charge is -2.18. The van der Waals surface area contributed by atoms with Crippen molar-refractivity contribution in [2.24, 2.45) is 0 Å². The number of rotatable bonds is 8. The van der Waals surface area contributed by atoms with E-state index in [1.54, 1.807) is 7.11 Å². The third-order valence-corrected chi connectivity index (χ3v) is 6.91. The van der Waals surface area contributed by atoms with E-state index >= 15 is 0 Å². The number of halogens is 1. The van der Waals surface area contributed by atoms with Gasteiger partial charge in [0.2, 0.25) is 5.91 Å². The van der Waals surface area contributed by atoms with Crippen molar-refractivity contribution in [2.75, 3.05) is 25.2 Å². The van der Waals surface area contributed by atoms with E-state index in [0.29, 0.717) is 19.6 Å². The second kappa shape index (κ2) is 10.0. The Labute approximate surface area is 210 Å². The molecule has 0 bridgehead atoms. The van der Waals surface area contributed by atoms with Crippen LogP contribution >= 0.6 is 11.6 Å². The molecule has 3 aromatic carbocycles. The zero-order valence-corrected chi connectivity index (χ0v) is 20.7. The Hall–Kier alpha value is -3.51. The molecule has 1 aliphatic rings. The summed E-state index contributed by atoms with van der Waals surface area (Å²) >= 11 is 6.12. The highest BCUT2D eigenvalue weighted by atomic mass is 35.5. The standard InChI is InChI=1S/C28H28ClN3O3/c1-19-16-23(12-13-24(19)29)35-15-5-14-31-26-7-4-3-6-25(26)30-28(31)20-17-27(33)32(18-20)21-8-10-22(34-2)11-9-21/h3-4,6-13,16,20H,5,14-15,17-18H2,1-2H3. The SMILES string of the molecule is COc1ccc(N2CC(c3nc4ccccc4n3CCCOc3ccc(Cl)c(C)c3)CC2=O)cc1. The van der Waals surface area contributed by atoms with Crippen LogP contribution in [-0.4, -0.2) is 35.7 Å². The van der Waals surface area contributed by atoms with E-state index in [-0.39, 0.29) is 11.8 Å². The first-order valence-corrected chi connectivity index (χ1v) is 12.2. The van der Waals surface area contributed by atoms with Gasteiger partial charge in [-0.2, -0.15) is 0 Å². The molecule has 1 atom stereocenters. The van der Waals surface area contributed by atoms with Gasteiger partial charge in [0, 0.05) is 36.1 Å². The van der Waals surface area contributed by atoms with Crippen molar-refractivity contribution >= 4 is 34.2 Å². The predicted octanol–water partition coefficient (Wildman–Crippen LogP) is 6.00. The molecule has 6 nitrogen and oxygen atoms in total. The molecule has 1 aliphatic heterocycles. The van der Waals surface area contributed by atoms with Gasteiger partial charge in [0.1, 0.15) is 17.3 Å². The van der Waals surface area contributed by atoms with Crippen molar-refractivity contribution in [3.05, 3.63) is 83.1 Å². The number of benzene rings is 3. The average Bonchev–Trinajstić information content (AvgIpc) is 3.44. The molecule has 0 N–H and O–H groups in total. The van der Waals surface area contributed by atoms with Crippen LogP contribution in [-0.2, 0) is 11.3 Å². The molecule has 35 heavy (non-hydrogen) atoms. The number of carbonyl (C=O) groups is 1. The molecule has 0 aliphatic carbocycles. The zero-order chi connectivity index (χ0) is 24.4. The zero-order valence-electron chi connectivity index (χ0n) is 19.9. The highest BCUT2D eigenvalue weighted by Crippen LogP contribution is 2.34. The van der Waals surface area contributed by atoms with E-state index in [1.807, 2.05) is 72.5 Å². The predicted molar refractivity (Wildman–Crippen MR) is 139 cm³/mol. The number of methoxy groups -OCH3 is 1. The van der Waals surface area contributed by atoms with Crippen molar-refractivity contribution in [3.8, 4) is 11.5 Å². The minimum Gasteiger partial charge on any atom is -0.497 e. The molecular weight excluding hydrogens is 462 g/mol. The Bertz CT molecular complexity index is 1350. The Balaban J connectivity index is 1.32. The maximum Gasteiger partial charge on any atom is 0.227 e. The lowest BCUT2D eigenvalue weighted by Crippen LogP contribution is -2.24. The maximum atomic E-state index is 12.9. The number of hydrogen-bond donors (Lipinski definition) is 0. The molecule has 1 unspecified atom stereocenters. The first kappa shape index (κ1) is 23.2. The number of carbonyl (C=O) groups excluding carboxylic acids is 1. The highest BCUT2D eigenvalue weighted by Gasteiger charge is 2.34. The van der Waals surface area contributed by atoms with Crippen molar-refractivity contribution < 1.29 is 14.3 Å². The second-order valence-corrected chi connectivity index (χ2v) is 9.23. The molecule has 0 spiro atoms. The fourth-order valence-corrected chi connectivity index (χ4v) is 4.77. The Morgan fingerprint density at radius 2 is 1.83 bits per heavy atom. The van der Waals surface area contributed by atoms with Gasteiger partial charge < -0.3 is 18.9 Å². The van der Waals surface area contributed by atoms with Gasteiger partial charge in [0.05, 0.1) is 24.8 Å². The molecule has 1 amide bonds. The van der Waals surface area contributed by atoms with E-state index < -0.39 is 0 Å². The van der Waals surface area contributed by atoms with Gasteiger partial charge >= 0.3 is 0 Å². The van der Waals surface area contributed by atoms with E-state index in [4.69, 9.17) is 26.1 Å². The lowest BCUT2D eigenvalue weighted by atomic mass is 10.1. The van der Waals surface area contributed by atoms with Crippen LogP contribution in [0, 0.1) is 6.92 Å². The quantitative estimate of drug-likeness (QED) is 0.285. The number of aromatic nitrogens is 2. The van der Waals surface area contributed by atoms with Crippen LogP contribution in [0.5, 0.6) is 11.5 Å². The summed E-state index contributed by atoms with van der Waals surface area (Å²) in [6, 6.07) is 21.5. The summed E-state index contributed by atoms with van der Waals surface area (Å²) in [6.45, 7) is 3.91. The third-order valence-electron chi connectivity index (χ3n) is 6.48. The number of aryl methyl sites for hydroxylation is 2. The first-order valence-electron chi connectivity index (χ1n) is 11.8. The number of anilines is 1. The minimum absolute atomic E-state index is 0.0248. The molecule has 1 aromatic heterocycles. The molecular formula is C28H28ClN3O3. The number of para-hydroxylation sites is 2. The van der Waals surface area contributed by atoms with Crippen molar-refractivity contribution in [1.29, 1.82) is 0 Å². The van der Waals surface area contributed by atoms with Gasteiger partial charge in [-0.3, -0.25) is 4.79 Å². The lowest BCUT2D eigenvalue weighted by molar-refractivity contribution is -0.117. The molecule has 1 fully saturated rings. The monoisotopic (exact) mass is 489 g/mol. The Kier molecular flexibility index (Phi) is 6.64. The van der Waals surface area contributed by atoms with Crippen LogP contribution in [0.4, 0.5) is 5.69 Å². The topological polar surface area (TPSA) is 56.6 Å². The normalized spacial score (nSPS) is 15.7. The Morgan fingerprint density at radius 1 is 1.06 bits per heavy atom. The van der Waals surface area contributed by atoms with Gasteiger partial charge in [-0.1, -0.05) is 23.7 Å². The van der Waals surface area contributed by atoms with Gasteiger partial charge in [-0.05, 0) is 73.5 Å². The Morgan fingerprint density at radius 3 is 2.60 bits per heavy atom. The van der Waals surface area contributed by atoms with E-state index in [9.17, 15) is 4.79 Å². The van der Waals surface area contributed by atoms with Crippen molar-refractivity contribution in [1.82, 2.24) is 9.55 Å². The summed E-state index contributed by atoms with van der Waals surface area (Å²) < 4.78 is 13.5. The number of amides is 1. The number of ether oxygens (including phenoxy) is 2. The fraction of sp³-hybridized carbons (Fsp3) is 0.286. The van der Waals surface area contributed by atoms with Crippen molar-refractivity contribution in [3.63, 3.8) is 0 Å². The molecule has 0 radical (unpaired) electrons. The van der Waals surface area contributed by atoms with Gasteiger partial charge in [0.15, 0.2) is 0 Å². The summed E-state index contributed by atoms with van der Waals surface area (Å²) in [7, 11) is 1.64. The van der Waals surface area contributed by atoms with Crippen LogP contribution in [0.25, 0.3) is 11.0 Å². The van der Waals surface area contributed by atoms with Gasteiger partial charge in [-0.25, -0.2) is 4.98 Å². The molecule has 4 aromatic rings. The van der Waals surface area contributed by atoms with E-state index in [1.165, 1.54) is 0 Å². The maximum absolute atomic E-state index is 12.9. The first-order chi connectivity index (χ1) is 17.0. The number of fused-ring (bicyclic) bond motifs is 1. The summed E-state index contributed by atoms with van der Waals surface area (Å²) in [5.41, 5.74) is 3.92. The summed E-state index contributed by atoms with van der Waals surface area (Å²) in [5, 5.41) is 0.738. The van der Waals surface area contributed by atoms with E-state index in [0.717, 1.165) is 57.6 Å². The highest BCUT2D eigenvalue weighted by molar-refractivity contribution is 6.31. The number of hydrogen-bond acceptors (Lipinski definition) is 4. The molecule has 1 saturated heterocycles. The van der Waals surface area contributed by atoms with Crippen molar-refractivity contribution in [2.45, 2.75) is 32.2 Å². The number of nitrogens with zero attached hydrogens (tertiary/aromatic N) is 3. The number of imidazole rings is 1. The van der Waals surface area contributed by atoms with Crippen LogP contribution in [0.2, 0.25) is 5.02 Å². The van der Waals surface area contributed by atoms with E-state index in [2.05, 4.69) is 10.6 Å². The summed E-state index contributed by atoms with van der Waals surface area (Å²) in [5.74, 6) is 2.68. The fourth-order valence-electron chi connectivity index (χ4n) is 4.65. The molecule has 180 valence electrons. The van der Waals surface area contributed by atoms with Crippen LogP contribution in [0.1, 0.15) is 30.1 Å². The van der Waals surface area contributed by atoms with Crippen LogP contribution in [0.15, 0.2) is 66.7 Å². The molecule has 7 heteroatoms. The molecule has 0 saturated carbocycles. The largest absolute Gasteiger partial charge is 0.497 e. The summed E-state index contributed by atoms with van der Waals surface area (Å²) in [6.07, 6.45) is 1.26. The molecule has 2 heterocycles. The van der Waals surface area contributed by atoms with Crippen LogP contribution in [0.3, 0.4) is 0 Å². The van der Waals surface area contributed by atoms with Gasteiger partial charge in [0.25, 0.3) is 0 Å².